The van der Waals surface area contributed by atoms with Gasteiger partial charge in [0.15, 0.2) is 12.6 Å². The van der Waals surface area contributed by atoms with E-state index in [2.05, 4.69) is 46.7 Å². The molecular weight excluding hydrogens is 364 g/mol. The number of guanidine groups is 1. The second-order valence-corrected chi connectivity index (χ2v) is 7.48. The number of benzene rings is 2. The molecule has 2 aliphatic rings. The Balaban J connectivity index is 1.40. The Labute approximate surface area is 172 Å². The lowest BCUT2D eigenvalue weighted by Crippen LogP contribution is -2.40. The second kappa shape index (κ2) is 8.99. The third-order valence-corrected chi connectivity index (χ3v) is 5.10. The fraction of sp³-hybridized carbons (Fsp3) is 0.391. The van der Waals surface area contributed by atoms with E-state index in [0.717, 1.165) is 43.9 Å². The molecular formula is C23H28N4O2. The molecule has 1 saturated carbocycles. The normalized spacial score (nSPS) is 15.8. The van der Waals surface area contributed by atoms with E-state index < -0.39 is 0 Å². The molecule has 2 aromatic rings. The Bertz CT molecular complexity index is 892. The van der Waals surface area contributed by atoms with Crippen molar-refractivity contribution in [2.75, 3.05) is 24.6 Å². The molecule has 0 aromatic heterocycles. The lowest BCUT2D eigenvalue weighted by Gasteiger charge is -2.22. The van der Waals surface area contributed by atoms with Crippen molar-refractivity contribution in [1.29, 1.82) is 0 Å². The Morgan fingerprint density at radius 2 is 2.07 bits per heavy atom. The largest absolute Gasteiger partial charge is 0.484 e. The van der Waals surface area contributed by atoms with Crippen LogP contribution in [-0.4, -0.2) is 37.6 Å². The molecule has 29 heavy (non-hydrogen) atoms. The monoisotopic (exact) mass is 392 g/mol. The first-order valence-electron chi connectivity index (χ1n) is 10.4. The van der Waals surface area contributed by atoms with E-state index in [1.807, 2.05) is 24.3 Å². The molecule has 0 atom stereocenters. The van der Waals surface area contributed by atoms with E-state index in [-0.39, 0.29) is 12.5 Å². The number of aliphatic imine (C=N–C) groups is 1. The van der Waals surface area contributed by atoms with Gasteiger partial charge in [-0.2, -0.15) is 0 Å². The summed E-state index contributed by atoms with van der Waals surface area (Å²) < 4.78 is 5.65. The van der Waals surface area contributed by atoms with Gasteiger partial charge in [0.1, 0.15) is 5.75 Å². The van der Waals surface area contributed by atoms with Crippen molar-refractivity contribution >= 4 is 17.6 Å². The summed E-state index contributed by atoms with van der Waals surface area (Å²) in [7, 11) is 0. The average molecular weight is 393 g/mol. The number of rotatable bonds is 7. The molecule has 0 spiro atoms. The van der Waals surface area contributed by atoms with Crippen LogP contribution in [-0.2, 0) is 17.8 Å². The van der Waals surface area contributed by atoms with E-state index in [0.29, 0.717) is 18.3 Å². The SMILES string of the molecule is CCNC(=NCc1cccc(OCC(=O)NC2CC2)c1)N1CCc2ccccc21. The topological polar surface area (TPSA) is 66.0 Å². The van der Waals surface area contributed by atoms with E-state index in [1.165, 1.54) is 11.3 Å². The van der Waals surface area contributed by atoms with Gasteiger partial charge in [-0.1, -0.05) is 30.3 Å². The van der Waals surface area contributed by atoms with E-state index >= 15 is 0 Å². The quantitative estimate of drug-likeness (QED) is 0.562. The summed E-state index contributed by atoms with van der Waals surface area (Å²) in [4.78, 5) is 18.9. The van der Waals surface area contributed by atoms with Crippen LogP contribution in [0.2, 0.25) is 0 Å². The minimum atomic E-state index is -0.0574. The third kappa shape index (κ3) is 5.08. The van der Waals surface area contributed by atoms with Crippen molar-refractivity contribution in [2.24, 2.45) is 4.99 Å². The van der Waals surface area contributed by atoms with Crippen LogP contribution < -0.4 is 20.3 Å². The molecule has 6 nitrogen and oxygen atoms in total. The zero-order chi connectivity index (χ0) is 20.1. The molecule has 1 aliphatic carbocycles. The molecule has 6 heteroatoms. The molecule has 1 heterocycles. The Kier molecular flexibility index (Phi) is 5.98. The molecule has 0 radical (unpaired) electrons. The predicted octanol–water partition coefficient (Wildman–Crippen LogP) is 2.87. The summed E-state index contributed by atoms with van der Waals surface area (Å²) in [5, 5.41) is 6.34. The molecule has 1 amide bonds. The highest BCUT2D eigenvalue weighted by Crippen LogP contribution is 2.27. The van der Waals surface area contributed by atoms with E-state index in [1.54, 1.807) is 0 Å². The summed E-state index contributed by atoms with van der Waals surface area (Å²) in [5.74, 6) is 1.53. The van der Waals surface area contributed by atoms with Gasteiger partial charge >= 0.3 is 0 Å². The van der Waals surface area contributed by atoms with Crippen LogP contribution in [0.1, 0.15) is 30.9 Å². The molecule has 1 aliphatic heterocycles. The maximum atomic E-state index is 11.8. The van der Waals surface area contributed by atoms with Crippen LogP contribution in [0.4, 0.5) is 5.69 Å². The van der Waals surface area contributed by atoms with E-state index in [9.17, 15) is 4.79 Å². The molecule has 2 aromatic carbocycles. The minimum Gasteiger partial charge on any atom is -0.484 e. The minimum absolute atomic E-state index is 0.0520. The molecule has 0 saturated heterocycles. The maximum absolute atomic E-state index is 11.8. The number of fused-ring (bicyclic) bond motifs is 1. The highest BCUT2D eigenvalue weighted by molar-refractivity contribution is 5.97. The summed E-state index contributed by atoms with van der Waals surface area (Å²) in [6.45, 7) is 4.43. The van der Waals surface area contributed by atoms with Crippen LogP contribution in [0, 0.1) is 0 Å². The fourth-order valence-electron chi connectivity index (χ4n) is 3.50. The van der Waals surface area contributed by atoms with Crippen LogP contribution in [0.5, 0.6) is 5.75 Å². The fourth-order valence-corrected chi connectivity index (χ4v) is 3.50. The number of carbonyl (C=O) groups is 1. The highest BCUT2D eigenvalue weighted by atomic mass is 16.5. The van der Waals surface area contributed by atoms with Crippen molar-refractivity contribution in [2.45, 2.75) is 38.8 Å². The summed E-state index contributed by atoms with van der Waals surface area (Å²) in [6, 6.07) is 16.6. The number of hydrogen-bond donors (Lipinski definition) is 2. The molecule has 0 unspecified atom stereocenters. The van der Waals surface area contributed by atoms with Crippen LogP contribution >= 0.6 is 0 Å². The number of amides is 1. The zero-order valence-electron chi connectivity index (χ0n) is 16.9. The van der Waals surface area contributed by atoms with Crippen molar-refractivity contribution in [3.05, 3.63) is 59.7 Å². The third-order valence-electron chi connectivity index (χ3n) is 5.10. The van der Waals surface area contributed by atoms with Crippen molar-refractivity contribution in [3.8, 4) is 5.75 Å². The van der Waals surface area contributed by atoms with Gasteiger partial charge in [0.05, 0.1) is 6.54 Å². The van der Waals surface area contributed by atoms with Crippen molar-refractivity contribution < 1.29 is 9.53 Å². The van der Waals surface area contributed by atoms with Gasteiger partial charge < -0.3 is 20.3 Å². The Morgan fingerprint density at radius 1 is 1.21 bits per heavy atom. The number of anilines is 1. The first-order chi connectivity index (χ1) is 14.2. The van der Waals surface area contributed by atoms with Crippen molar-refractivity contribution in [1.82, 2.24) is 10.6 Å². The van der Waals surface area contributed by atoms with Gasteiger partial charge in [0.25, 0.3) is 5.91 Å². The summed E-state index contributed by atoms with van der Waals surface area (Å²) in [6.07, 6.45) is 3.19. The summed E-state index contributed by atoms with van der Waals surface area (Å²) >= 11 is 0. The maximum Gasteiger partial charge on any atom is 0.258 e. The molecule has 4 rings (SSSR count). The zero-order valence-corrected chi connectivity index (χ0v) is 16.9. The lowest BCUT2D eigenvalue weighted by molar-refractivity contribution is -0.123. The van der Waals surface area contributed by atoms with Crippen LogP contribution in [0.15, 0.2) is 53.5 Å². The number of ether oxygens (including phenoxy) is 1. The number of para-hydroxylation sites is 1. The Hall–Kier alpha value is -3.02. The standard InChI is InChI=1S/C23H28N4O2/c1-2-24-23(27-13-12-18-7-3-4-9-21(18)27)25-15-17-6-5-8-20(14-17)29-16-22(28)26-19-10-11-19/h3-9,14,19H,2,10-13,15-16H2,1H3,(H,24,25)(H,26,28). The number of nitrogens with one attached hydrogen (secondary N) is 2. The predicted molar refractivity (Wildman–Crippen MR) is 115 cm³/mol. The smallest absolute Gasteiger partial charge is 0.258 e. The molecule has 152 valence electrons. The van der Waals surface area contributed by atoms with Crippen LogP contribution in [0.3, 0.4) is 0 Å². The first-order valence-corrected chi connectivity index (χ1v) is 10.4. The lowest BCUT2D eigenvalue weighted by atomic mass is 10.2. The number of nitrogens with zero attached hydrogens (tertiary/aromatic N) is 2. The van der Waals surface area contributed by atoms with Gasteiger partial charge in [-0.25, -0.2) is 4.99 Å². The van der Waals surface area contributed by atoms with Crippen LogP contribution in [0.25, 0.3) is 0 Å². The van der Waals surface area contributed by atoms with Gasteiger partial charge in [-0.15, -0.1) is 0 Å². The molecule has 2 N–H and O–H groups in total. The number of carbonyl (C=O) groups excluding carboxylic acids is 1. The molecule has 1 fully saturated rings. The highest BCUT2D eigenvalue weighted by Gasteiger charge is 2.23. The Morgan fingerprint density at radius 3 is 2.90 bits per heavy atom. The van der Waals surface area contributed by atoms with Gasteiger partial charge in [0, 0.05) is 24.8 Å². The molecule has 0 bridgehead atoms. The van der Waals surface area contributed by atoms with E-state index in [4.69, 9.17) is 9.73 Å². The van der Waals surface area contributed by atoms with Gasteiger partial charge in [0.2, 0.25) is 0 Å². The first kappa shape index (κ1) is 19.3. The average Bonchev–Trinajstić information content (AvgIpc) is 3.45. The van der Waals surface area contributed by atoms with Gasteiger partial charge in [-0.05, 0) is 55.5 Å². The summed E-state index contributed by atoms with van der Waals surface area (Å²) in [5.41, 5.74) is 3.64. The van der Waals surface area contributed by atoms with Crippen molar-refractivity contribution in [3.63, 3.8) is 0 Å². The van der Waals surface area contributed by atoms with Gasteiger partial charge in [-0.3, -0.25) is 4.79 Å². The second-order valence-electron chi connectivity index (χ2n) is 7.48. The number of hydrogen-bond acceptors (Lipinski definition) is 3.